The summed E-state index contributed by atoms with van der Waals surface area (Å²) in [5.74, 6) is 0. The molecular formula is C22H25IN4O. The van der Waals surface area contributed by atoms with Gasteiger partial charge in [-0.05, 0) is 71.5 Å². The molecule has 0 saturated carbocycles. The maximum atomic E-state index is 11.0. The van der Waals surface area contributed by atoms with Crippen LogP contribution in [0.5, 0.6) is 0 Å². The topological polar surface area (TPSA) is 65.6 Å². The second-order valence-electron chi connectivity index (χ2n) is 7.44. The molecule has 0 amide bonds. The van der Waals surface area contributed by atoms with Crippen molar-refractivity contribution in [2.24, 2.45) is 0 Å². The van der Waals surface area contributed by atoms with Gasteiger partial charge in [-0.2, -0.15) is 0 Å². The highest BCUT2D eigenvalue weighted by atomic mass is 127. The maximum Gasteiger partial charge on any atom is 0.153 e. The fourth-order valence-electron chi connectivity index (χ4n) is 3.83. The number of halogens is 1. The number of pyridine rings is 1. The van der Waals surface area contributed by atoms with Crippen molar-refractivity contribution >= 4 is 44.9 Å². The molecule has 0 aliphatic carbocycles. The number of nitrogens with two attached hydrogens (primary N) is 1. The van der Waals surface area contributed by atoms with Gasteiger partial charge < -0.3 is 15.7 Å². The molecule has 2 heterocycles. The van der Waals surface area contributed by atoms with Gasteiger partial charge in [0.05, 0.1) is 5.52 Å². The average Bonchev–Trinajstić information content (AvgIpc) is 2.68. The third-order valence-electron chi connectivity index (χ3n) is 5.32. The number of benzene rings is 2. The number of nitrogens with zero attached hydrogens (tertiary/aromatic N) is 3. The number of piperazine rings is 1. The Morgan fingerprint density at radius 2 is 1.82 bits per heavy atom. The monoisotopic (exact) mass is 488 g/mol. The lowest BCUT2D eigenvalue weighted by atomic mass is 10.1. The second kappa shape index (κ2) is 7.85. The van der Waals surface area contributed by atoms with Crippen molar-refractivity contribution in [3.8, 4) is 0 Å². The van der Waals surface area contributed by atoms with Gasteiger partial charge in [0.2, 0.25) is 0 Å². The standard InChI is InChI=1S/C22H25IN4O/c1-16-8-9-19-20(25-16)6-3-7-21(19)27-12-10-26(11-13-27)15-22(23,28)17-4-2-5-18(24)14-17/h2-9,14,28H,10-13,15,24H2,1H3. The minimum absolute atomic E-state index is 0.584. The zero-order valence-electron chi connectivity index (χ0n) is 16.0. The number of aliphatic hydroxyl groups is 1. The molecular weight excluding hydrogens is 463 g/mol. The second-order valence-corrected chi connectivity index (χ2v) is 9.23. The lowest BCUT2D eigenvalue weighted by Crippen LogP contribution is -2.49. The molecule has 1 aromatic heterocycles. The van der Waals surface area contributed by atoms with Gasteiger partial charge in [0, 0.05) is 55.2 Å². The number of nitrogen functional groups attached to an aromatic ring is 1. The molecule has 1 saturated heterocycles. The summed E-state index contributed by atoms with van der Waals surface area (Å²) in [6.45, 7) is 6.28. The van der Waals surface area contributed by atoms with E-state index in [9.17, 15) is 5.11 Å². The van der Waals surface area contributed by atoms with Crippen molar-refractivity contribution in [2.75, 3.05) is 43.4 Å². The molecule has 0 spiro atoms. The van der Waals surface area contributed by atoms with E-state index in [-0.39, 0.29) is 0 Å². The van der Waals surface area contributed by atoms with Gasteiger partial charge >= 0.3 is 0 Å². The van der Waals surface area contributed by atoms with Crippen LogP contribution in [0.1, 0.15) is 11.3 Å². The Kier molecular flexibility index (Phi) is 5.44. The van der Waals surface area contributed by atoms with E-state index in [2.05, 4.69) is 67.7 Å². The summed E-state index contributed by atoms with van der Waals surface area (Å²) in [7, 11) is 0. The summed E-state index contributed by atoms with van der Waals surface area (Å²) in [6.07, 6.45) is 0. The van der Waals surface area contributed by atoms with Gasteiger partial charge in [-0.15, -0.1) is 0 Å². The first-order valence-electron chi connectivity index (χ1n) is 9.53. The summed E-state index contributed by atoms with van der Waals surface area (Å²) < 4.78 is -0.948. The zero-order valence-corrected chi connectivity index (χ0v) is 18.1. The highest BCUT2D eigenvalue weighted by molar-refractivity contribution is 14.1. The predicted octanol–water partition coefficient (Wildman–Crippen LogP) is 3.53. The van der Waals surface area contributed by atoms with E-state index in [1.54, 1.807) is 0 Å². The molecule has 5 nitrogen and oxygen atoms in total. The molecule has 1 aliphatic heterocycles. The summed E-state index contributed by atoms with van der Waals surface area (Å²) in [5.41, 5.74) is 10.7. The molecule has 28 heavy (non-hydrogen) atoms. The van der Waals surface area contributed by atoms with Crippen LogP contribution < -0.4 is 10.6 Å². The minimum atomic E-state index is -0.948. The zero-order chi connectivity index (χ0) is 19.7. The summed E-state index contributed by atoms with van der Waals surface area (Å²) in [5, 5.41) is 12.2. The van der Waals surface area contributed by atoms with Crippen molar-refractivity contribution in [3.63, 3.8) is 0 Å². The summed E-state index contributed by atoms with van der Waals surface area (Å²) >= 11 is 2.13. The first-order valence-corrected chi connectivity index (χ1v) is 10.6. The third kappa shape index (κ3) is 4.09. The molecule has 0 bridgehead atoms. The number of anilines is 2. The Hall–Kier alpha value is -1.90. The van der Waals surface area contributed by atoms with Crippen LogP contribution in [0.3, 0.4) is 0 Å². The molecule has 146 valence electrons. The molecule has 3 N–H and O–H groups in total. The van der Waals surface area contributed by atoms with Crippen molar-refractivity contribution < 1.29 is 5.11 Å². The van der Waals surface area contributed by atoms with Crippen LogP contribution in [-0.4, -0.2) is 47.7 Å². The number of alkyl halides is 1. The van der Waals surface area contributed by atoms with Crippen LogP contribution in [0.4, 0.5) is 11.4 Å². The molecule has 1 unspecified atom stereocenters. The van der Waals surface area contributed by atoms with E-state index in [0.717, 1.165) is 43.0 Å². The van der Waals surface area contributed by atoms with Gasteiger partial charge in [-0.1, -0.05) is 18.2 Å². The quantitative estimate of drug-likeness (QED) is 0.334. The lowest BCUT2D eigenvalue weighted by Gasteiger charge is -2.39. The van der Waals surface area contributed by atoms with Crippen LogP contribution in [0.25, 0.3) is 10.9 Å². The smallest absolute Gasteiger partial charge is 0.153 e. The molecule has 1 fully saturated rings. The van der Waals surface area contributed by atoms with Crippen LogP contribution in [0.2, 0.25) is 0 Å². The van der Waals surface area contributed by atoms with Gasteiger partial charge in [-0.3, -0.25) is 9.88 Å². The summed E-state index contributed by atoms with van der Waals surface area (Å²) in [6, 6.07) is 18.1. The van der Waals surface area contributed by atoms with Crippen LogP contribution in [0, 0.1) is 6.92 Å². The van der Waals surface area contributed by atoms with Gasteiger partial charge in [0.25, 0.3) is 0 Å². The number of aromatic nitrogens is 1. The number of rotatable bonds is 4. The van der Waals surface area contributed by atoms with E-state index in [0.29, 0.717) is 12.2 Å². The van der Waals surface area contributed by atoms with Crippen molar-refractivity contribution in [2.45, 2.75) is 10.5 Å². The SMILES string of the molecule is Cc1ccc2c(N3CCN(CC(O)(I)c4cccc(N)c4)CC3)cccc2n1. The molecule has 0 radical (unpaired) electrons. The summed E-state index contributed by atoms with van der Waals surface area (Å²) in [4.78, 5) is 9.39. The van der Waals surface area contributed by atoms with Crippen LogP contribution >= 0.6 is 22.6 Å². The predicted molar refractivity (Wildman–Crippen MR) is 124 cm³/mol. The molecule has 1 atom stereocenters. The highest BCUT2D eigenvalue weighted by Crippen LogP contribution is 2.32. The molecule has 1 aliphatic rings. The van der Waals surface area contributed by atoms with Crippen LogP contribution in [-0.2, 0) is 3.61 Å². The Bertz CT molecular complexity index is 983. The van der Waals surface area contributed by atoms with E-state index in [1.165, 1.54) is 11.1 Å². The van der Waals surface area contributed by atoms with Crippen LogP contribution in [0.15, 0.2) is 54.6 Å². The fraction of sp³-hybridized carbons (Fsp3) is 0.318. The molecule has 4 rings (SSSR count). The number of β-amino-alcohol motifs (C(OH)–C–C–N with tert-alkyl or cyclic N) is 1. The number of fused-ring (bicyclic) bond motifs is 1. The van der Waals surface area contributed by atoms with Crippen molar-refractivity contribution in [1.82, 2.24) is 9.88 Å². The fourth-order valence-corrected chi connectivity index (χ4v) is 4.65. The van der Waals surface area contributed by atoms with Gasteiger partial charge in [-0.25, -0.2) is 0 Å². The Balaban J connectivity index is 1.45. The number of hydrogen-bond acceptors (Lipinski definition) is 5. The van der Waals surface area contributed by atoms with Gasteiger partial charge in [0.1, 0.15) is 0 Å². The van der Waals surface area contributed by atoms with E-state index in [1.807, 2.05) is 31.2 Å². The third-order valence-corrected chi connectivity index (χ3v) is 6.29. The lowest BCUT2D eigenvalue weighted by molar-refractivity contribution is 0.0937. The van der Waals surface area contributed by atoms with Gasteiger partial charge in [0.15, 0.2) is 3.61 Å². The number of hydrogen-bond donors (Lipinski definition) is 2. The molecule has 3 aromatic rings. The normalized spacial score (nSPS) is 17.6. The Labute approximate surface area is 179 Å². The van der Waals surface area contributed by atoms with Crippen molar-refractivity contribution in [1.29, 1.82) is 0 Å². The minimum Gasteiger partial charge on any atom is -0.399 e. The van der Waals surface area contributed by atoms with E-state index < -0.39 is 3.61 Å². The highest BCUT2D eigenvalue weighted by Gasteiger charge is 2.30. The molecule has 6 heteroatoms. The first-order chi connectivity index (χ1) is 13.4. The van der Waals surface area contributed by atoms with Crippen molar-refractivity contribution in [3.05, 3.63) is 65.9 Å². The molecule has 2 aromatic carbocycles. The Morgan fingerprint density at radius 1 is 1.07 bits per heavy atom. The first kappa shape index (κ1) is 19.4. The maximum absolute atomic E-state index is 11.0. The largest absolute Gasteiger partial charge is 0.399 e. The average molecular weight is 488 g/mol. The Morgan fingerprint density at radius 3 is 2.57 bits per heavy atom. The van der Waals surface area contributed by atoms with E-state index >= 15 is 0 Å². The van der Waals surface area contributed by atoms with E-state index in [4.69, 9.17) is 5.73 Å². The number of aryl methyl sites for hydroxylation is 1.